The quantitative estimate of drug-likeness (QED) is 0.0834. The second kappa shape index (κ2) is 13.5. The van der Waals surface area contributed by atoms with Crippen LogP contribution in [0.1, 0.15) is 66.9 Å². The molecule has 0 aliphatic heterocycles. The zero-order valence-corrected chi connectivity index (χ0v) is 31.6. The summed E-state index contributed by atoms with van der Waals surface area (Å²) >= 11 is 0. The fraction of sp³-hybridized carbons (Fsp3) is 0.256. The van der Waals surface area contributed by atoms with Crippen molar-refractivity contribution in [2.24, 2.45) is 10.8 Å². The van der Waals surface area contributed by atoms with Crippen molar-refractivity contribution in [3.8, 4) is 11.3 Å². The van der Waals surface area contributed by atoms with Crippen LogP contribution >= 0.6 is 0 Å². The van der Waals surface area contributed by atoms with Crippen molar-refractivity contribution in [3.05, 3.63) is 114 Å². The van der Waals surface area contributed by atoms with E-state index in [1.165, 1.54) is 12.1 Å². The summed E-state index contributed by atoms with van der Waals surface area (Å²) in [7, 11) is 0. The Balaban J connectivity index is 0.000000288. The van der Waals surface area contributed by atoms with Crippen LogP contribution in [-0.4, -0.2) is 15.9 Å². The summed E-state index contributed by atoms with van der Waals surface area (Å²) in [6.07, 6.45) is 3.20. The molecule has 49 heavy (non-hydrogen) atoms. The number of aliphatic hydroxyl groups is 1. The molecule has 0 fully saturated rings. The number of hydrogen-bond donors (Lipinski definition) is 1. The van der Waals surface area contributed by atoms with Crippen LogP contribution in [0, 0.1) is 22.7 Å². The Bertz CT molecular complexity index is 2390. The van der Waals surface area contributed by atoms with E-state index in [9.17, 15) is 14.3 Å². The Hall–Kier alpha value is -4.38. The zero-order valence-electron chi connectivity index (χ0n) is 29.2. The molecule has 1 N–H and O–H groups in total. The van der Waals surface area contributed by atoms with E-state index in [4.69, 9.17) is 9.40 Å². The van der Waals surface area contributed by atoms with Crippen molar-refractivity contribution >= 4 is 60.0 Å². The van der Waals surface area contributed by atoms with Gasteiger partial charge in [-0.1, -0.05) is 115 Å². The van der Waals surface area contributed by atoms with E-state index in [0.717, 1.165) is 71.1 Å². The minimum absolute atomic E-state index is 0. The normalized spacial score (nSPS) is 12.5. The SMILES string of the molecule is CC(C)(C)C(=O)/C=C(\O)C(C)(C)C.CC(C)c1[c-]c(-c2nccc3c2ccc2c4ccc(F)cc4ccc32)cc2c1oc1ccccc12.[Ir]. The van der Waals surface area contributed by atoms with Gasteiger partial charge in [0.1, 0.15) is 17.2 Å². The molecule has 0 amide bonds. The van der Waals surface area contributed by atoms with Crippen molar-refractivity contribution in [2.45, 2.75) is 61.3 Å². The molecule has 0 spiro atoms. The van der Waals surface area contributed by atoms with Gasteiger partial charge in [-0.25, -0.2) is 4.39 Å². The van der Waals surface area contributed by atoms with E-state index in [2.05, 4.69) is 56.3 Å². The van der Waals surface area contributed by atoms with Gasteiger partial charge in [0, 0.05) is 48.6 Å². The number of aromatic nitrogens is 1. The second-order valence-corrected chi connectivity index (χ2v) is 14.8. The standard InChI is InChI=1S/C32H21FNO.C11H20O2.Ir/c1-18(2)28-16-20(17-29-26-5-3-4-6-30(26)35-32(28)29)31-27-12-11-23-22-10-8-21(33)15-19(22)7-9-24(23)25(27)13-14-34-31;1-10(2,3)8(12)7-9(13)11(4,5)6;/h3-15,17-18H,1-2H3;7,12H,1-6H3;/q-1;;/b;8-7-;. The maximum Gasteiger partial charge on any atom is 0.164 e. The Kier molecular flexibility index (Phi) is 9.89. The topological polar surface area (TPSA) is 63.3 Å². The molecule has 253 valence electrons. The van der Waals surface area contributed by atoms with Gasteiger partial charge in [0.15, 0.2) is 5.78 Å². The molecule has 2 aromatic heterocycles. The predicted octanol–water partition coefficient (Wildman–Crippen LogP) is 12.3. The van der Waals surface area contributed by atoms with Gasteiger partial charge in [-0.15, -0.1) is 17.7 Å². The number of ketones is 1. The van der Waals surface area contributed by atoms with Crippen LogP contribution in [0.25, 0.3) is 65.5 Å². The fourth-order valence-electron chi connectivity index (χ4n) is 5.88. The molecule has 0 aliphatic rings. The molecule has 7 rings (SSSR count). The summed E-state index contributed by atoms with van der Waals surface area (Å²) in [5, 5.41) is 18.1. The molecular weight excluding hydrogens is 790 g/mol. The number of benzene rings is 5. The summed E-state index contributed by atoms with van der Waals surface area (Å²) < 4.78 is 20.0. The van der Waals surface area contributed by atoms with Crippen LogP contribution in [0.4, 0.5) is 4.39 Å². The van der Waals surface area contributed by atoms with Gasteiger partial charge in [-0.2, -0.15) is 0 Å². The zero-order chi connectivity index (χ0) is 34.5. The minimum Gasteiger partial charge on any atom is -0.512 e. The summed E-state index contributed by atoms with van der Waals surface area (Å²) in [6.45, 7) is 15.4. The molecule has 2 heterocycles. The molecule has 7 aromatic rings. The molecule has 5 aromatic carbocycles. The second-order valence-electron chi connectivity index (χ2n) is 14.8. The number of fused-ring (bicyclic) bond motifs is 8. The molecule has 0 saturated heterocycles. The number of hydrogen-bond acceptors (Lipinski definition) is 4. The first-order valence-electron chi connectivity index (χ1n) is 16.4. The molecule has 4 nitrogen and oxygen atoms in total. The number of rotatable bonds is 3. The third kappa shape index (κ3) is 7.04. The number of nitrogens with zero attached hydrogens (tertiary/aromatic N) is 1. The molecule has 0 saturated carbocycles. The van der Waals surface area contributed by atoms with Crippen molar-refractivity contribution in [1.29, 1.82) is 0 Å². The van der Waals surface area contributed by atoms with E-state index in [-0.39, 0.29) is 48.8 Å². The smallest absolute Gasteiger partial charge is 0.164 e. The van der Waals surface area contributed by atoms with E-state index >= 15 is 0 Å². The Labute approximate surface area is 300 Å². The summed E-state index contributed by atoms with van der Waals surface area (Å²) in [5.41, 5.74) is 3.93. The van der Waals surface area contributed by atoms with Gasteiger partial charge in [0.05, 0.1) is 5.58 Å². The van der Waals surface area contributed by atoms with Crippen LogP contribution in [0.2, 0.25) is 0 Å². The van der Waals surface area contributed by atoms with Gasteiger partial charge in [-0.3, -0.25) is 4.79 Å². The molecule has 0 unspecified atom stereocenters. The number of pyridine rings is 1. The molecule has 1 radical (unpaired) electrons. The van der Waals surface area contributed by atoms with Crippen LogP contribution in [-0.2, 0) is 24.9 Å². The number of furan rings is 1. The molecule has 6 heteroatoms. The minimum atomic E-state index is -0.417. The van der Waals surface area contributed by atoms with Crippen molar-refractivity contribution in [3.63, 3.8) is 0 Å². The Morgan fingerprint density at radius 3 is 2.12 bits per heavy atom. The number of carbonyl (C=O) groups is 1. The van der Waals surface area contributed by atoms with E-state index in [1.54, 1.807) is 6.07 Å². The molecule has 0 aliphatic carbocycles. The maximum atomic E-state index is 13.8. The van der Waals surface area contributed by atoms with Gasteiger partial charge < -0.3 is 14.5 Å². The third-order valence-corrected chi connectivity index (χ3v) is 8.76. The number of halogens is 1. The molecular formula is C43H41FIrNO3-. The summed E-state index contributed by atoms with van der Waals surface area (Å²) in [6, 6.07) is 29.3. The predicted molar refractivity (Wildman–Crippen MR) is 197 cm³/mol. The van der Waals surface area contributed by atoms with Crippen LogP contribution in [0.3, 0.4) is 0 Å². The van der Waals surface area contributed by atoms with Gasteiger partial charge in [0.2, 0.25) is 0 Å². The van der Waals surface area contributed by atoms with Crippen LogP contribution < -0.4 is 0 Å². The van der Waals surface area contributed by atoms with E-state index in [0.29, 0.717) is 0 Å². The molecule has 0 bridgehead atoms. The monoisotopic (exact) mass is 831 g/mol. The largest absolute Gasteiger partial charge is 0.512 e. The van der Waals surface area contributed by atoms with Crippen molar-refractivity contribution in [2.75, 3.05) is 0 Å². The van der Waals surface area contributed by atoms with Crippen LogP contribution in [0.5, 0.6) is 0 Å². The number of allylic oxidation sites excluding steroid dienone is 2. The first-order valence-corrected chi connectivity index (χ1v) is 16.4. The van der Waals surface area contributed by atoms with E-state index < -0.39 is 5.41 Å². The Morgan fingerprint density at radius 2 is 1.43 bits per heavy atom. The Morgan fingerprint density at radius 1 is 0.796 bits per heavy atom. The molecule has 0 atom stereocenters. The number of aliphatic hydroxyl groups excluding tert-OH is 1. The summed E-state index contributed by atoms with van der Waals surface area (Å²) in [5.74, 6) is 0.135. The third-order valence-electron chi connectivity index (χ3n) is 8.76. The van der Waals surface area contributed by atoms with Crippen molar-refractivity contribution < 1.29 is 38.8 Å². The average Bonchev–Trinajstić information content (AvgIpc) is 3.41. The summed E-state index contributed by atoms with van der Waals surface area (Å²) in [4.78, 5) is 16.3. The number of para-hydroxylation sites is 1. The number of carbonyl (C=O) groups excluding carboxylic acids is 1. The fourth-order valence-corrected chi connectivity index (χ4v) is 5.88. The first-order chi connectivity index (χ1) is 22.6. The maximum absolute atomic E-state index is 13.8. The first kappa shape index (κ1) is 35.9. The average molecular weight is 831 g/mol. The van der Waals surface area contributed by atoms with Crippen LogP contribution in [0.15, 0.2) is 101 Å². The van der Waals surface area contributed by atoms with Crippen molar-refractivity contribution in [1.82, 2.24) is 4.98 Å². The van der Waals surface area contributed by atoms with E-state index in [1.807, 2.05) is 78.1 Å². The van der Waals surface area contributed by atoms with Gasteiger partial charge in [0.25, 0.3) is 0 Å². The van der Waals surface area contributed by atoms with Gasteiger partial charge in [-0.05, 0) is 68.2 Å². The van der Waals surface area contributed by atoms with Gasteiger partial charge >= 0.3 is 0 Å².